The van der Waals surface area contributed by atoms with Crippen molar-refractivity contribution in [2.45, 2.75) is 62.6 Å². The van der Waals surface area contributed by atoms with Crippen molar-refractivity contribution in [3.63, 3.8) is 0 Å². The first-order valence-corrected chi connectivity index (χ1v) is 10.8. The van der Waals surface area contributed by atoms with Crippen molar-refractivity contribution < 1.29 is 12.8 Å². The molecule has 7 heteroatoms. The van der Waals surface area contributed by atoms with Crippen LogP contribution in [0.2, 0.25) is 0 Å². The maximum atomic E-state index is 13.3. The van der Waals surface area contributed by atoms with Crippen LogP contribution in [0.5, 0.6) is 0 Å². The molecule has 3 rings (SSSR count). The van der Waals surface area contributed by atoms with Gasteiger partial charge in [0.1, 0.15) is 5.82 Å². The number of nitrogens with zero attached hydrogens (tertiary/aromatic N) is 2. The fraction of sp³-hybridized carbons (Fsp3) is 0.647. The van der Waals surface area contributed by atoms with Crippen LogP contribution in [0.4, 0.5) is 4.39 Å². The van der Waals surface area contributed by atoms with Gasteiger partial charge in [0.05, 0.1) is 4.90 Å². The second kappa shape index (κ2) is 7.02. The molecule has 2 aliphatic heterocycles. The van der Waals surface area contributed by atoms with Crippen molar-refractivity contribution in [3.05, 3.63) is 28.5 Å². The smallest absolute Gasteiger partial charge is 0.244 e. The van der Waals surface area contributed by atoms with Gasteiger partial charge in [0.25, 0.3) is 0 Å². The largest absolute Gasteiger partial charge is 0.294 e. The van der Waals surface area contributed by atoms with Crippen LogP contribution in [0.1, 0.15) is 39.5 Å². The summed E-state index contributed by atoms with van der Waals surface area (Å²) in [6, 6.07) is 5.03. The van der Waals surface area contributed by atoms with Crippen molar-refractivity contribution in [1.29, 1.82) is 0 Å². The Morgan fingerprint density at radius 2 is 1.83 bits per heavy atom. The Kier molecular flexibility index (Phi) is 5.35. The standard InChI is InChI=1S/C17H24BrFN2O2S/c1-12-5-6-13(2)21(12)15-4-3-9-20(11-15)24(22,23)17-8-7-14(19)10-16(17)18/h7-8,10,12-13,15H,3-6,9,11H2,1-2H3/t12-,13+,15-/m0/s1. The Labute approximate surface area is 152 Å². The summed E-state index contributed by atoms with van der Waals surface area (Å²) in [5.41, 5.74) is 0. The number of hydrogen-bond acceptors (Lipinski definition) is 3. The number of hydrogen-bond donors (Lipinski definition) is 0. The molecule has 0 amide bonds. The maximum Gasteiger partial charge on any atom is 0.244 e. The summed E-state index contributed by atoms with van der Waals surface area (Å²) in [5, 5.41) is 0. The minimum atomic E-state index is -3.61. The molecule has 4 nitrogen and oxygen atoms in total. The van der Waals surface area contributed by atoms with Crippen molar-refractivity contribution in [1.82, 2.24) is 9.21 Å². The van der Waals surface area contributed by atoms with Crippen molar-refractivity contribution in [3.8, 4) is 0 Å². The van der Waals surface area contributed by atoms with E-state index in [1.807, 2.05) is 0 Å². The zero-order valence-electron chi connectivity index (χ0n) is 14.1. The molecule has 2 aliphatic rings. The van der Waals surface area contributed by atoms with Gasteiger partial charge in [-0.25, -0.2) is 12.8 Å². The molecule has 0 aliphatic carbocycles. The van der Waals surface area contributed by atoms with Crippen LogP contribution in [-0.4, -0.2) is 48.8 Å². The average Bonchev–Trinajstić information content (AvgIpc) is 2.86. The van der Waals surface area contributed by atoms with E-state index in [1.54, 1.807) is 4.31 Å². The van der Waals surface area contributed by atoms with Crippen LogP contribution in [0, 0.1) is 5.82 Å². The molecule has 0 bridgehead atoms. The van der Waals surface area contributed by atoms with E-state index in [0.29, 0.717) is 25.2 Å². The Morgan fingerprint density at radius 1 is 1.17 bits per heavy atom. The van der Waals surface area contributed by atoms with Gasteiger partial charge in [0, 0.05) is 35.7 Å². The molecule has 2 fully saturated rings. The van der Waals surface area contributed by atoms with Gasteiger partial charge in [-0.2, -0.15) is 4.31 Å². The van der Waals surface area contributed by atoms with Gasteiger partial charge in [-0.05, 0) is 73.7 Å². The highest BCUT2D eigenvalue weighted by Crippen LogP contribution is 2.33. The first-order chi connectivity index (χ1) is 11.3. The van der Waals surface area contributed by atoms with Crippen LogP contribution in [0.25, 0.3) is 0 Å². The van der Waals surface area contributed by atoms with E-state index in [-0.39, 0.29) is 15.4 Å². The minimum Gasteiger partial charge on any atom is -0.294 e. The molecule has 2 saturated heterocycles. The van der Waals surface area contributed by atoms with Crippen molar-refractivity contribution >= 4 is 26.0 Å². The van der Waals surface area contributed by atoms with E-state index in [0.717, 1.165) is 12.8 Å². The van der Waals surface area contributed by atoms with Gasteiger partial charge in [-0.15, -0.1) is 0 Å². The molecule has 0 saturated carbocycles. The maximum absolute atomic E-state index is 13.3. The third-order valence-electron chi connectivity index (χ3n) is 5.31. The fourth-order valence-corrected chi connectivity index (χ4v) is 6.67. The Bertz CT molecular complexity index is 703. The third kappa shape index (κ3) is 3.41. The average molecular weight is 419 g/mol. The first-order valence-electron chi connectivity index (χ1n) is 8.53. The molecular formula is C17H24BrFN2O2S. The van der Waals surface area contributed by atoms with Crippen LogP contribution in [0.15, 0.2) is 27.6 Å². The predicted molar refractivity (Wildman–Crippen MR) is 95.9 cm³/mol. The number of piperidine rings is 1. The second-order valence-electron chi connectivity index (χ2n) is 6.96. The monoisotopic (exact) mass is 418 g/mol. The lowest BCUT2D eigenvalue weighted by atomic mass is 10.0. The molecule has 3 atom stereocenters. The van der Waals surface area contributed by atoms with Crippen LogP contribution in [0.3, 0.4) is 0 Å². The molecule has 0 unspecified atom stereocenters. The third-order valence-corrected chi connectivity index (χ3v) is 8.15. The highest BCUT2D eigenvalue weighted by molar-refractivity contribution is 9.10. The lowest BCUT2D eigenvalue weighted by molar-refractivity contribution is 0.0979. The van der Waals surface area contributed by atoms with Crippen molar-refractivity contribution in [2.24, 2.45) is 0 Å². The summed E-state index contributed by atoms with van der Waals surface area (Å²) in [7, 11) is -3.61. The van der Waals surface area contributed by atoms with Crippen LogP contribution < -0.4 is 0 Å². The Hall–Kier alpha value is -0.500. The Morgan fingerprint density at radius 3 is 2.46 bits per heavy atom. The quantitative estimate of drug-likeness (QED) is 0.752. The number of halogens is 2. The molecule has 0 spiro atoms. The molecule has 0 aromatic heterocycles. The number of rotatable bonds is 3. The van der Waals surface area contributed by atoms with Gasteiger partial charge in [-0.3, -0.25) is 4.90 Å². The zero-order valence-corrected chi connectivity index (χ0v) is 16.5. The molecule has 1 aromatic carbocycles. The molecule has 24 heavy (non-hydrogen) atoms. The normalized spacial score (nSPS) is 29.9. The summed E-state index contributed by atoms with van der Waals surface area (Å²) in [5.74, 6) is -0.447. The molecule has 0 radical (unpaired) electrons. The van der Waals surface area contributed by atoms with E-state index in [9.17, 15) is 12.8 Å². The summed E-state index contributed by atoms with van der Waals surface area (Å²) in [6.07, 6.45) is 4.24. The van der Waals surface area contributed by atoms with E-state index < -0.39 is 15.8 Å². The highest BCUT2D eigenvalue weighted by Gasteiger charge is 2.38. The van der Waals surface area contributed by atoms with Crippen LogP contribution >= 0.6 is 15.9 Å². The SMILES string of the molecule is C[C@@H]1CC[C@H](C)N1[C@H]1CCCN(S(=O)(=O)c2ccc(F)cc2Br)C1. The summed E-state index contributed by atoms with van der Waals surface area (Å²) < 4.78 is 41.1. The van der Waals surface area contributed by atoms with Gasteiger partial charge in [0.2, 0.25) is 10.0 Å². The highest BCUT2D eigenvalue weighted by atomic mass is 79.9. The summed E-state index contributed by atoms with van der Waals surface area (Å²) in [6.45, 7) is 5.50. The van der Waals surface area contributed by atoms with Crippen LogP contribution in [-0.2, 0) is 10.0 Å². The van der Waals surface area contributed by atoms with Gasteiger partial charge < -0.3 is 0 Å². The van der Waals surface area contributed by atoms with Crippen molar-refractivity contribution in [2.75, 3.05) is 13.1 Å². The predicted octanol–water partition coefficient (Wildman–Crippen LogP) is 3.61. The number of likely N-dealkylation sites (tertiary alicyclic amines) is 1. The summed E-state index contributed by atoms with van der Waals surface area (Å²) in [4.78, 5) is 2.63. The lowest BCUT2D eigenvalue weighted by Crippen LogP contribution is -2.52. The zero-order chi connectivity index (χ0) is 17.5. The number of sulfonamides is 1. The van der Waals surface area contributed by atoms with E-state index in [1.165, 1.54) is 31.0 Å². The van der Waals surface area contributed by atoms with E-state index >= 15 is 0 Å². The van der Waals surface area contributed by atoms with E-state index in [4.69, 9.17) is 0 Å². The second-order valence-corrected chi connectivity index (χ2v) is 9.72. The number of benzene rings is 1. The first kappa shape index (κ1) is 18.3. The Balaban J connectivity index is 1.83. The molecule has 1 aromatic rings. The topological polar surface area (TPSA) is 40.6 Å². The molecule has 0 N–H and O–H groups in total. The van der Waals surface area contributed by atoms with Gasteiger partial charge in [0.15, 0.2) is 0 Å². The van der Waals surface area contributed by atoms with Gasteiger partial charge in [-0.1, -0.05) is 0 Å². The fourth-order valence-electron chi connectivity index (χ4n) is 4.14. The van der Waals surface area contributed by atoms with Gasteiger partial charge >= 0.3 is 0 Å². The van der Waals surface area contributed by atoms with E-state index in [2.05, 4.69) is 34.7 Å². The molecular weight excluding hydrogens is 395 g/mol. The molecule has 2 heterocycles. The summed E-state index contributed by atoms with van der Waals surface area (Å²) >= 11 is 3.19. The minimum absolute atomic E-state index is 0.145. The lowest BCUT2D eigenvalue weighted by Gasteiger charge is -2.41. The molecule has 134 valence electrons.